The minimum atomic E-state index is -0.144. The van der Waals surface area contributed by atoms with Crippen LogP contribution in [0.2, 0.25) is 0 Å². The van der Waals surface area contributed by atoms with Crippen LogP contribution >= 0.6 is 0 Å². The Bertz CT molecular complexity index is 647. The fourth-order valence-electron chi connectivity index (χ4n) is 3.82. The SMILES string of the molecule is Cc1cc(CN2CCN(C(=O)C3CC(=O)N(CC4CC4)C3)CC2)on1. The summed E-state index contributed by atoms with van der Waals surface area (Å²) in [5.74, 6) is 1.72. The van der Waals surface area contributed by atoms with E-state index in [2.05, 4.69) is 10.1 Å². The molecule has 4 rings (SSSR count). The van der Waals surface area contributed by atoms with Crippen molar-refractivity contribution in [1.82, 2.24) is 19.9 Å². The van der Waals surface area contributed by atoms with Gasteiger partial charge in [-0.25, -0.2) is 0 Å². The first-order valence-corrected chi connectivity index (χ1v) is 9.29. The van der Waals surface area contributed by atoms with E-state index in [-0.39, 0.29) is 17.7 Å². The zero-order chi connectivity index (χ0) is 17.4. The molecule has 0 bridgehead atoms. The van der Waals surface area contributed by atoms with Crippen LogP contribution in [-0.4, -0.2) is 70.9 Å². The molecule has 1 saturated carbocycles. The predicted octanol–water partition coefficient (Wildman–Crippen LogP) is 0.886. The van der Waals surface area contributed by atoms with Crippen LogP contribution < -0.4 is 0 Å². The van der Waals surface area contributed by atoms with Crippen molar-refractivity contribution in [3.8, 4) is 0 Å². The highest BCUT2D eigenvalue weighted by atomic mass is 16.5. The highest BCUT2D eigenvalue weighted by Crippen LogP contribution is 2.32. The molecule has 1 atom stereocenters. The smallest absolute Gasteiger partial charge is 0.228 e. The summed E-state index contributed by atoms with van der Waals surface area (Å²) in [5.41, 5.74) is 0.894. The second-order valence-corrected chi connectivity index (χ2v) is 7.68. The van der Waals surface area contributed by atoms with E-state index < -0.39 is 0 Å². The number of likely N-dealkylation sites (tertiary alicyclic amines) is 1. The fraction of sp³-hybridized carbons (Fsp3) is 0.722. The normalized spacial score (nSPS) is 25.0. The first-order valence-electron chi connectivity index (χ1n) is 9.29. The largest absolute Gasteiger partial charge is 0.360 e. The molecule has 136 valence electrons. The average Bonchev–Trinajstić information content (AvgIpc) is 3.22. The summed E-state index contributed by atoms with van der Waals surface area (Å²) in [6, 6.07) is 1.95. The molecule has 0 aromatic carbocycles. The van der Waals surface area contributed by atoms with Crippen LogP contribution in [0.25, 0.3) is 0 Å². The molecule has 2 aliphatic heterocycles. The van der Waals surface area contributed by atoms with E-state index in [4.69, 9.17) is 4.52 Å². The van der Waals surface area contributed by atoms with Gasteiger partial charge in [-0.05, 0) is 25.7 Å². The number of amides is 2. The highest BCUT2D eigenvalue weighted by molar-refractivity contribution is 5.89. The van der Waals surface area contributed by atoms with Crippen molar-refractivity contribution >= 4 is 11.8 Å². The summed E-state index contributed by atoms with van der Waals surface area (Å²) in [5, 5.41) is 3.91. The molecule has 3 heterocycles. The van der Waals surface area contributed by atoms with Crippen molar-refractivity contribution in [3.63, 3.8) is 0 Å². The standard InChI is InChI=1S/C18H26N4O3/c1-13-8-16(25-19-13)12-20-4-6-21(7-5-20)18(24)15-9-17(23)22(11-15)10-14-2-3-14/h8,14-15H,2-7,9-12H2,1H3. The molecule has 0 radical (unpaired) electrons. The first kappa shape index (κ1) is 16.6. The highest BCUT2D eigenvalue weighted by Gasteiger charge is 2.39. The molecule has 0 spiro atoms. The van der Waals surface area contributed by atoms with Gasteiger partial charge in [0, 0.05) is 51.8 Å². The lowest BCUT2D eigenvalue weighted by atomic mass is 10.1. The number of nitrogens with zero attached hydrogens (tertiary/aromatic N) is 4. The van der Waals surface area contributed by atoms with E-state index in [0.717, 1.165) is 50.7 Å². The Kier molecular flexibility index (Phi) is 4.50. The molecule has 0 N–H and O–H groups in total. The van der Waals surface area contributed by atoms with Gasteiger partial charge in [0.15, 0.2) is 5.76 Å². The van der Waals surface area contributed by atoms with Gasteiger partial charge in [0.25, 0.3) is 0 Å². The topological polar surface area (TPSA) is 69.9 Å². The number of aromatic nitrogens is 1. The molecule has 1 aromatic heterocycles. The first-order chi connectivity index (χ1) is 12.1. The zero-order valence-corrected chi connectivity index (χ0v) is 14.8. The third-order valence-electron chi connectivity index (χ3n) is 5.48. The number of aryl methyl sites for hydroxylation is 1. The molecule has 7 nitrogen and oxygen atoms in total. The Morgan fingerprint density at radius 3 is 2.68 bits per heavy atom. The Balaban J connectivity index is 1.25. The van der Waals surface area contributed by atoms with Gasteiger partial charge < -0.3 is 14.3 Å². The Hall–Kier alpha value is -1.89. The third kappa shape index (κ3) is 3.86. The Morgan fingerprint density at radius 1 is 1.28 bits per heavy atom. The molecule has 25 heavy (non-hydrogen) atoms. The number of carbonyl (C=O) groups is 2. The van der Waals surface area contributed by atoms with Crippen molar-refractivity contribution < 1.29 is 14.1 Å². The zero-order valence-electron chi connectivity index (χ0n) is 14.8. The maximum Gasteiger partial charge on any atom is 0.228 e. The Morgan fingerprint density at radius 2 is 2.04 bits per heavy atom. The van der Waals surface area contributed by atoms with Gasteiger partial charge in [-0.15, -0.1) is 0 Å². The lowest BCUT2D eigenvalue weighted by Crippen LogP contribution is -2.50. The van der Waals surface area contributed by atoms with Crippen LogP contribution in [0.15, 0.2) is 10.6 Å². The van der Waals surface area contributed by atoms with Gasteiger partial charge in [-0.2, -0.15) is 0 Å². The number of piperazine rings is 1. The lowest BCUT2D eigenvalue weighted by Gasteiger charge is -2.35. The van der Waals surface area contributed by atoms with Crippen LogP contribution in [0.1, 0.15) is 30.7 Å². The van der Waals surface area contributed by atoms with Crippen LogP contribution in [0, 0.1) is 18.8 Å². The van der Waals surface area contributed by atoms with Gasteiger partial charge in [-0.1, -0.05) is 5.16 Å². The van der Waals surface area contributed by atoms with E-state index in [0.29, 0.717) is 18.9 Å². The second-order valence-electron chi connectivity index (χ2n) is 7.68. The molecule has 2 amide bonds. The van der Waals surface area contributed by atoms with Gasteiger partial charge in [0.1, 0.15) is 0 Å². The van der Waals surface area contributed by atoms with Crippen molar-refractivity contribution in [1.29, 1.82) is 0 Å². The van der Waals surface area contributed by atoms with E-state index in [9.17, 15) is 9.59 Å². The summed E-state index contributed by atoms with van der Waals surface area (Å²) < 4.78 is 5.27. The van der Waals surface area contributed by atoms with Gasteiger partial charge >= 0.3 is 0 Å². The summed E-state index contributed by atoms with van der Waals surface area (Å²) in [4.78, 5) is 31.0. The maximum absolute atomic E-state index is 12.8. The van der Waals surface area contributed by atoms with E-state index in [1.807, 2.05) is 22.8 Å². The molecule has 3 fully saturated rings. The number of hydrogen-bond acceptors (Lipinski definition) is 5. The molecular formula is C18H26N4O3. The molecule has 3 aliphatic rings. The number of carbonyl (C=O) groups excluding carboxylic acids is 2. The third-order valence-corrected chi connectivity index (χ3v) is 5.48. The lowest BCUT2D eigenvalue weighted by molar-refractivity contribution is -0.137. The van der Waals surface area contributed by atoms with Crippen molar-refractivity contribution in [2.45, 2.75) is 32.7 Å². The van der Waals surface area contributed by atoms with Crippen LogP contribution in [0.3, 0.4) is 0 Å². The van der Waals surface area contributed by atoms with Crippen molar-refractivity contribution in [3.05, 3.63) is 17.5 Å². The van der Waals surface area contributed by atoms with Crippen molar-refractivity contribution in [2.75, 3.05) is 39.3 Å². The molecule has 7 heteroatoms. The van der Waals surface area contributed by atoms with E-state index >= 15 is 0 Å². The predicted molar refractivity (Wildman–Crippen MR) is 90.5 cm³/mol. The van der Waals surface area contributed by atoms with Crippen LogP contribution in [0.5, 0.6) is 0 Å². The summed E-state index contributed by atoms with van der Waals surface area (Å²) >= 11 is 0. The fourth-order valence-corrected chi connectivity index (χ4v) is 3.82. The second kappa shape index (κ2) is 6.78. The van der Waals surface area contributed by atoms with Crippen LogP contribution in [-0.2, 0) is 16.1 Å². The summed E-state index contributed by atoms with van der Waals surface area (Å²) in [6.45, 7) is 7.23. The molecule has 2 saturated heterocycles. The molecular weight excluding hydrogens is 320 g/mol. The van der Waals surface area contributed by atoms with Crippen LogP contribution in [0.4, 0.5) is 0 Å². The minimum absolute atomic E-state index is 0.144. The van der Waals surface area contributed by atoms with Crippen molar-refractivity contribution in [2.24, 2.45) is 11.8 Å². The van der Waals surface area contributed by atoms with E-state index in [1.54, 1.807) is 0 Å². The van der Waals surface area contributed by atoms with Gasteiger partial charge in [0.05, 0.1) is 18.2 Å². The molecule has 1 aliphatic carbocycles. The number of hydrogen-bond donors (Lipinski definition) is 0. The summed E-state index contributed by atoms with van der Waals surface area (Å²) in [6.07, 6.45) is 2.85. The quantitative estimate of drug-likeness (QED) is 0.792. The maximum atomic E-state index is 12.8. The van der Waals surface area contributed by atoms with Gasteiger partial charge in [-0.3, -0.25) is 14.5 Å². The molecule has 1 aromatic rings. The molecule has 1 unspecified atom stereocenters. The van der Waals surface area contributed by atoms with E-state index in [1.165, 1.54) is 12.8 Å². The van der Waals surface area contributed by atoms with Gasteiger partial charge in [0.2, 0.25) is 11.8 Å². The monoisotopic (exact) mass is 346 g/mol. The number of rotatable bonds is 5. The minimum Gasteiger partial charge on any atom is -0.360 e. The average molecular weight is 346 g/mol. The summed E-state index contributed by atoms with van der Waals surface area (Å²) in [7, 11) is 0. The Labute approximate surface area is 147 Å².